The van der Waals surface area contributed by atoms with E-state index in [1.165, 1.54) is 11.3 Å². The number of hydrogen-bond donors (Lipinski definition) is 0. The maximum absolute atomic E-state index is 13.1. The van der Waals surface area contributed by atoms with Crippen molar-refractivity contribution in [2.24, 2.45) is 0 Å². The van der Waals surface area contributed by atoms with Crippen molar-refractivity contribution in [3.05, 3.63) is 53.6 Å². The molecule has 0 unspecified atom stereocenters. The lowest BCUT2D eigenvalue weighted by atomic mass is 10.1. The monoisotopic (exact) mass is 495 g/mol. The predicted octanol–water partition coefficient (Wildman–Crippen LogP) is 4.48. The number of amides is 1. The van der Waals surface area contributed by atoms with Crippen LogP contribution in [0.4, 0.5) is 5.13 Å². The van der Waals surface area contributed by atoms with Gasteiger partial charge >= 0.3 is 0 Å². The zero-order valence-corrected chi connectivity index (χ0v) is 21.3. The molecule has 0 fully saturated rings. The van der Waals surface area contributed by atoms with Crippen molar-refractivity contribution in [3.63, 3.8) is 0 Å². The van der Waals surface area contributed by atoms with Crippen LogP contribution in [-0.4, -0.2) is 57.1 Å². The molecule has 0 aliphatic carbocycles. The Labute approximate surface area is 200 Å². The maximum Gasteiger partial charge on any atom is 0.229 e. The second kappa shape index (κ2) is 11.2. The summed E-state index contributed by atoms with van der Waals surface area (Å²) in [6.45, 7) is 5.41. The van der Waals surface area contributed by atoms with Crippen LogP contribution in [0, 0.1) is 13.8 Å². The van der Waals surface area contributed by atoms with E-state index in [-0.39, 0.29) is 35.4 Å². The Morgan fingerprint density at radius 1 is 1.03 bits per heavy atom. The Morgan fingerprint density at radius 2 is 1.72 bits per heavy atom. The zero-order chi connectivity index (χ0) is 22.6. The molecule has 0 bridgehead atoms. The van der Waals surface area contributed by atoms with E-state index >= 15 is 0 Å². The van der Waals surface area contributed by atoms with Crippen molar-refractivity contribution in [3.8, 4) is 0 Å². The molecule has 0 atom stereocenters. The highest BCUT2D eigenvalue weighted by Crippen LogP contribution is 2.32. The first-order valence-corrected chi connectivity index (χ1v) is 12.8. The third kappa shape index (κ3) is 6.28. The molecular weight excluding hydrogens is 466 g/mol. The summed E-state index contributed by atoms with van der Waals surface area (Å²) < 4.78 is 26.3. The van der Waals surface area contributed by atoms with E-state index in [9.17, 15) is 13.2 Å². The Hall–Kier alpha value is -2.00. The number of thiazole rings is 1. The lowest BCUT2D eigenvalue weighted by molar-refractivity contribution is -0.118. The SMILES string of the molecule is Cc1ccc2sc(N(CCCN(C)C)C(=O)CCS(=O)(=O)c3ccccc3)nc2c1C.Cl. The van der Waals surface area contributed by atoms with Crippen LogP contribution in [0.2, 0.25) is 0 Å². The van der Waals surface area contributed by atoms with Gasteiger partial charge in [0, 0.05) is 13.0 Å². The van der Waals surface area contributed by atoms with Gasteiger partial charge < -0.3 is 4.90 Å². The number of hydrogen-bond acceptors (Lipinski definition) is 6. The largest absolute Gasteiger partial charge is 0.309 e. The van der Waals surface area contributed by atoms with Gasteiger partial charge in [0.15, 0.2) is 15.0 Å². The van der Waals surface area contributed by atoms with E-state index in [0.717, 1.165) is 34.3 Å². The fourth-order valence-electron chi connectivity index (χ4n) is 3.30. The zero-order valence-electron chi connectivity index (χ0n) is 18.9. The molecule has 3 aromatic rings. The first kappa shape index (κ1) is 26.3. The lowest BCUT2D eigenvalue weighted by Gasteiger charge is -2.21. The molecule has 0 aliphatic rings. The van der Waals surface area contributed by atoms with Gasteiger partial charge in [0.25, 0.3) is 0 Å². The Bertz CT molecular complexity index is 1160. The van der Waals surface area contributed by atoms with Gasteiger partial charge in [-0.15, -0.1) is 12.4 Å². The van der Waals surface area contributed by atoms with E-state index in [1.807, 2.05) is 34.0 Å². The summed E-state index contributed by atoms with van der Waals surface area (Å²) in [6.07, 6.45) is 0.700. The topological polar surface area (TPSA) is 70.6 Å². The standard InChI is InChI=1S/C23H29N3O3S2.ClH/c1-17-11-12-20-22(18(17)2)24-23(30-20)26(15-8-14-25(3)4)21(27)13-16-31(28,29)19-9-6-5-7-10-19;/h5-7,9-12H,8,13-16H2,1-4H3;1H. The second-order valence-electron chi connectivity index (χ2n) is 7.93. The molecule has 0 saturated heterocycles. The number of halogens is 1. The van der Waals surface area contributed by atoms with E-state index in [2.05, 4.69) is 11.0 Å². The number of benzene rings is 2. The average molecular weight is 496 g/mol. The number of anilines is 1. The molecule has 1 heterocycles. The van der Waals surface area contributed by atoms with Crippen LogP contribution in [0.5, 0.6) is 0 Å². The Morgan fingerprint density at radius 3 is 2.38 bits per heavy atom. The van der Waals surface area contributed by atoms with Crippen molar-refractivity contribution in [1.82, 2.24) is 9.88 Å². The minimum absolute atomic E-state index is 0. The van der Waals surface area contributed by atoms with E-state index in [4.69, 9.17) is 4.98 Å². The second-order valence-corrected chi connectivity index (χ2v) is 11.1. The highest BCUT2D eigenvalue weighted by Gasteiger charge is 2.23. The number of rotatable bonds is 9. The summed E-state index contributed by atoms with van der Waals surface area (Å²) in [5, 5.41) is 0.629. The molecular formula is C23H30ClN3O3S2. The third-order valence-corrected chi connectivity index (χ3v) is 8.06. The van der Waals surface area contributed by atoms with Crippen LogP contribution in [0.3, 0.4) is 0 Å². The average Bonchev–Trinajstić information content (AvgIpc) is 3.17. The normalized spacial score (nSPS) is 11.5. The molecule has 1 aromatic heterocycles. The number of nitrogens with zero attached hydrogens (tertiary/aromatic N) is 3. The van der Waals surface area contributed by atoms with Crippen LogP contribution in [0.15, 0.2) is 47.4 Å². The van der Waals surface area contributed by atoms with Gasteiger partial charge in [-0.3, -0.25) is 9.69 Å². The molecule has 32 heavy (non-hydrogen) atoms. The van der Waals surface area contributed by atoms with Crippen molar-refractivity contribution in [1.29, 1.82) is 0 Å². The van der Waals surface area contributed by atoms with Gasteiger partial charge in [0.1, 0.15) is 0 Å². The van der Waals surface area contributed by atoms with Crippen molar-refractivity contribution >= 4 is 54.8 Å². The summed E-state index contributed by atoms with van der Waals surface area (Å²) >= 11 is 1.48. The van der Waals surface area contributed by atoms with Crippen molar-refractivity contribution < 1.29 is 13.2 Å². The van der Waals surface area contributed by atoms with Gasteiger partial charge in [-0.05, 0) is 70.2 Å². The molecule has 174 valence electrons. The van der Waals surface area contributed by atoms with Crippen LogP contribution >= 0.6 is 23.7 Å². The number of carbonyl (C=O) groups is 1. The molecule has 0 radical (unpaired) electrons. The van der Waals surface area contributed by atoms with E-state index in [1.54, 1.807) is 35.2 Å². The van der Waals surface area contributed by atoms with Crippen molar-refractivity contribution in [2.75, 3.05) is 37.8 Å². The first-order chi connectivity index (χ1) is 14.7. The van der Waals surface area contributed by atoms with Crippen LogP contribution in [0.25, 0.3) is 10.2 Å². The predicted molar refractivity (Wildman–Crippen MR) is 135 cm³/mol. The maximum atomic E-state index is 13.1. The summed E-state index contributed by atoms with van der Waals surface area (Å²) in [5.41, 5.74) is 3.17. The number of fused-ring (bicyclic) bond motifs is 1. The summed E-state index contributed by atoms with van der Waals surface area (Å²) in [4.78, 5) is 21.9. The first-order valence-electron chi connectivity index (χ1n) is 10.3. The third-order valence-electron chi connectivity index (χ3n) is 5.28. The summed E-state index contributed by atoms with van der Waals surface area (Å²) in [6, 6.07) is 12.4. The molecule has 0 N–H and O–H groups in total. The molecule has 0 spiro atoms. The van der Waals surface area contributed by atoms with E-state index in [0.29, 0.717) is 11.7 Å². The molecule has 3 rings (SSSR count). The van der Waals surface area contributed by atoms with Gasteiger partial charge in [-0.2, -0.15) is 0 Å². The van der Waals surface area contributed by atoms with Crippen molar-refractivity contribution in [2.45, 2.75) is 31.6 Å². The van der Waals surface area contributed by atoms with Gasteiger partial charge in [0.05, 0.1) is 20.9 Å². The fraction of sp³-hybridized carbons (Fsp3) is 0.391. The summed E-state index contributed by atoms with van der Waals surface area (Å²) in [5.74, 6) is -0.435. The van der Waals surface area contributed by atoms with E-state index < -0.39 is 9.84 Å². The van der Waals surface area contributed by atoms with Crippen LogP contribution in [0.1, 0.15) is 24.0 Å². The van der Waals surface area contributed by atoms with Gasteiger partial charge in [0.2, 0.25) is 5.91 Å². The smallest absolute Gasteiger partial charge is 0.229 e. The molecule has 6 nitrogen and oxygen atoms in total. The number of aromatic nitrogens is 1. The Kier molecular flexibility index (Phi) is 9.21. The molecule has 0 aliphatic heterocycles. The molecule has 9 heteroatoms. The summed E-state index contributed by atoms with van der Waals surface area (Å²) in [7, 11) is 0.462. The Balaban J connectivity index is 0.00000363. The van der Waals surface area contributed by atoms with Gasteiger partial charge in [-0.25, -0.2) is 13.4 Å². The molecule has 0 saturated carbocycles. The lowest BCUT2D eigenvalue weighted by Crippen LogP contribution is -2.34. The molecule has 1 amide bonds. The van der Waals surface area contributed by atoms with Crippen LogP contribution in [-0.2, 0) is 14.6 Å². The highest BCUT2D eigenvalue weighted by atomic mass is 35.5. The number of aryl methyl sites for hydroxylation is 2. The highest BCUT2D eigenvalue weighted by molar-refractivity contribution is 7.91. The minimum Gasteiger partial charge on any atom is -0.309 e. The minimum atomic E-state index is -3.51. The quantitative estimate of drug-likeness (QED) is 0.437. The number of sulfone groups is 1. The number of carbonyl (C=O) groups excluding carboxylic acids is 1. The van der Waals surface area contributed by atoms with Crippen LogP contribution < -0.4 is 4.90 Å². The fourth-order valence-corrected chi connectivity index (χ4v) is 5.62. The van der Waals surface area contributed by atoms with Gasteiger partial charge in [-0.1, -0.05) is 35.6 Å². The molecule has 2 aromatic carbocycles.